The molecule has 0 N–H and O–H groups in total. The maximum atomic E-state index is 2.78. The van der Waals surface area contributed by atoms with Crippen molar-refractivity contribution in [2.24, 2.45) is 0 Å². The summed E-state index contributed by atoms with van der Waals surface area (Å²) in [5, 5.41) is 0. The first-order valence-electron chi connectivity index (χ1n) is 10.1. The predicted octanol–water partition coefficient (Wildman–Crippen LogP) is 7.94. The summed E-state index contributed by atoms with van der Waals surface area (Å²) in [7, 11) is -0.940. The van der Waals surface area contributed by atoms with Gasteiger partial charge in [-0.25, -0.2) is 0 Å². The smallest absolute Gasteiger partial charge is 0.0558 e. The third-order valence-corrected chi connectivity index (χ3v) is 10.9. The molecule has 0 aromatic rings. The number of hydrogen-bond acceptors (Lipinski definition) is 0. The van der Waals surface area contributed by atoms with Crippen molar-refractivity contribution >= 4 is 8.07 Å². The first kappa shape index (κ1) is 21.2. The van der Waals surface area contributed by atoms with Gasteiger partial charge in [0.1, 0.15) is 0 Å². The lowest BCUT2D eigenvalue weighted by Gasteiger charge is -2.27. The molecule has 127 valence electrons. The largest absolute Gasteiger partial charge is 0.0678 e. The minimum atomic E-state index is -0.940. The van der Waals surface area contributed by atoms with Crippen molar-refractivity contribution in [2.45, 2.75) is 123 Å². The van der Waals surface area contributed by atoms with Gasteiger partial charge >= 0.3 is 0 Å². The van der Waals surface area contributed by atoms with E-state index in [-0.39, 0.29) is 0 Å². The lowest BCUT2D eigenvalue weighted by atomic mass is 10.1. The first-order valence-corrected chi connectivity index (χ1v) is 12.8. The molecule has 0 rings (SSSR count). The zero-order valence-electron chi connectivity index (χ0n) is 15.7. The molecule has 1 radical (unpaired) electrons. The molecular weight excluding hydrogens is 268 g/mol. The average molecular weight is 312 g/mol. The zero-order chi connectivity index (χ0) is 15.8. The molecule has 0 saturated carbocycles. The summed E-state index contributed by atoms with van der Waals surface area (Å²) >= 11 is 0. The van der Waals surface area contributed by atoms with Gasteiger partial charge in [-0.1, -0.05) is 123 Å². The van der Waals surface area contributed by atoms with Gasteiger partial charge in [0.25, 0.3) is 0 Å². The van der Waals surface area contributed by atoms with E-state index in [2.05, 4.69) is 33.7 Å². The highest BCUT2D eigenvalue weighted by Gasteiger charge is 2.25. The summed E-state index contributed by atoms with van der Waals surface area (Å²) in [6.07, 6.45) is 17.5. The number of unbranched alkanes of at least 4 members (excludes halogenated alkanes) is 11. The van der Waals surface area contributed by atoms with Gasteiger partial charge in [-0.2, -0.15) is 0 Å². The van der Waals surface area contributed by atoms with Crippen molar-refractivity contribution in [3.05, 3.63) is 6.04 Å². The van der Waals surface area contributed by atoms with Crippen LogP contribution in [0.3, 0.4) is 0 Å². The van der Waals surface area contributed by atoms with E-state index in [1.807, 2.05) is 0 Å². The summed E-state index contributed by atoms with van der Waals surface area (Å²) in [5.41, 5.74) is 0. The van der Waals surface area contributed by atoms with Gasteiger partial charge in [-0.15, -0.1) is 0 Å². The van der Waals surface area contributed by atoms with Crippen LogP contribution in [0, 0.1) is 6.04 Å². The molecule has 1 heteroatoms. The molecule has 0 unspecified atom stereocenters. The van der Waals surface area contributed by atoms with E-state index in [0.717, 1.165) is 0 Å². The van der Waals surface area contributed by atoms with Crippen molar-refractivity contribution in [1.82, 2.24) is 0 Å². The molecule has 0 amide bonds. The quantitative estimate of drug-likeness (QED) is 0.200. The third kappa shape index (κ3) is 11.4. The van der Waals surface area contributed by atoms with Gasteiger partial charge < -0.3 is 0 Å². The van der Waals surface area contributed by atoms with E-state index in [1.165, 1.54) is 95.2 Å². The SMILES string of the molecule is CCCCCCCCCCCCC[CH][Si](CC)(CC)CC. The van der Waals surface area contributed by atoms with Crippen LogP contribution >= 0.6 is 0 Å². The Morgan fingerprint density at radius 2 is 0.905 bits per heavy atom. The summed E-state index contributed by atoms with van der Waals surface area (Å²) in [4.78, 5) is 0. The molecule has 0 fully saturated rings. The lowest BCUT2D eigenvalue weighted by molar-refractivity contribution is 0.549. The van der Waals surface area contributed by atoms with Gasteiger partial charge in [0, 0.05) is 0 Å². The number of hydrogen-bond donors (Lipinski definition) is 0. The van der Waals surface area contributed by atoms with Crippen molar-refractivity contribution in [2.75, 3.05) is 0 Å². The molecule has 0 aliphatic heterocycles. The van der Waals surface area contributed by atoms with Crippen LogP contribution in [0.15, 0.2) is 0 Å². The standard InChI is InChI=1S/C20H43Si/c1-5-9-10-11-12-13-14-15-16-17-18-19-20-21(6-2,7-3)8-4/h20H,5-19H2,1-4H3. The Morgan fingerprint density at radius 3 is 1.29 bits per heavy atom. The van der Waals surface area contributed by atoms with Gasteiger partial charge in [0.05, 0.1) is 8.07 Å². The molecule has 0 atom stereocenters. The van der Waals surface area contributed by atoms with Crippen LogP contribution in [0.1, 0.15) is 105 Å². The molecular formula is C20H43Si. The normalized spacial score (nSPS) is 12.0. The molecule has 0 saturated heterocycles. The molecule has 0 bridgehead atoms. The molecule has 21 heavy (non-hydrogen) atoms. The van der Waals surface area contributed by atoms with Crippen molar-refractivity contribution in [3.8, 4) is 0 Å². The Hall–Kier alpha value is 0.217. The fourth-order valence-corrected chi connectivity index (χ4v) is 6.58. The second-order valence-corrected chi connectivity index (χ2v) is 12.2. The Labute approximate surface area is 137 Å². The highest BCUT2D eigenvalue weighted by atomic mass is 28.3. The van der Waals surface area contributed by atoms with Crippen LogP contribution in [0.2, 0.25) is 18.1 Å². The van der Waals surface area contributed by atoms with Crippen molar-refractivity contribution in [3.63, 3.8) is 0 Å². The molecule has 0 nitrogen and oxygen atoms in total. The Morgan fingerprint density at radius 1 is 0.524 bits per heavy atom. The Kier molecular flexibility index (Phi) is 15.3. The maximum absolute atomic E-state index is 2.78. The van der Waals surface area contributed by atoms with Crippen molar-refractivity contribution < 1.29 is 0 Å². The topological polar surface area (TPSA) is 0 Å². The average Bonchev–Trinajstić information content (AvgIpc) is 2.53. The highest BCUT2D eigenvalue weighted by molar-refractivity contribution is 6.82. The van der Waals surface area contributed by atoms with Crippen LogP contribution in [-0.4, -0.2) is 8.07 Å². The Bertz CT molecular complexity index is 188. The summed E-state index contributed by atoms with van der Waals surface area (Å²) < 4.78 is 0. The van der Waals surface area contributed by atoms with Gasteiger partial charge in [-0.05, 0) is 6.04 Å². The van der Waals surface area contributed by atoms with Crippen LogP contribution in [-0.2, 0) is 0 Å². The van der Waals surface area contributed by atoms with Gasteiger partial charge in [-0.3, -0.25) is 0 Å². The monoisotopic (exact) mass is 311 g/mol. The second kappa shape index (κ2) is 15.1. The summed E-state index contributed by atoms with van der Waals surface area (Å²) in [6.45, 7) is 9.54. The van der Waals surface area contributed by atoms with Crippen LogP contribution in [0.5, 0.6) is 0 Å². The van der Waals surface area contributed by atoms with Crippen LogP contribution in [0.25, 0.3) is 0 Å². The molecule has 0 aromatic carbocycles. The van der Waals surface area contributed by atoms with E-state index >= 15 is 0 Å². The molecule has 0 heterocycles. The minimum Gasteiger partial charge on any atom is -0.0678 e. The Balaban J connectivity index is 3.29. The zero-order valence-corrected chi connectivity index (χ0v) is 16.7. The minimum absolute atomic E-state index is 0.940. The number of rotatable bonds is 16. The van der Waals surface area contributed by atoms with E-state index in [0.29, 0.717) is 0 Å². The van der Waals surface area contributed by atoms with Crippen LogP contribution < -0.4 is 0 Å². The lowest BCUT2D eigenvalue weighted by Crippen LogP contribution is -2.32. The second-order valence-electron chi connectivity index (χ2n) is 6.95. The molecule has 0 aliphatic carbocycles. The summed E-state index contributed by atoms with van der Waals surface area (Å²) in [5.74, 6) is 0. The molecule has 0 aliphatic rings. The predicted molar refractivity (Wildman–Crippen MR) is 103 cm³/mol. The van der Waals surface area contributed by atoms with E-state index < -0.39 is 8.07 Å². The van der Waals surface area contributed by atoms with Gasteiger partial charge in [0.2, 0.25) is 0 Å². The third-order valence-electron chi connectivity index (χ3n) is 5.50. The fourth-order valence-electron chi connectivity index (χ4n) is 3.40. The van der Waals surface area contributed by atoms with E-state index in [9.17, 15) is 0 Å². The fraction of sp³-hybridized carbons (Fsp3) is 0.950. The summed E-state index contributed by atoms with van der Waals surface area (Å²) in [6, 6.07) is 7.15. The molecule has 0 spiro atoms. The maximum Gasteiger partial charge on any atom is 0.0558 e. The first-order chi connectivity index (χ1) is 10.2. The van der Waals surface area contributed by atoms with Gasteiger partial charge in [0.15, 0.2) is 0 Å². The van der Waals surface area contributed by atoms with Crippen molar-refractivity contribution in [1.29, 1.82) is 0 Å². The highest BCUT2D eigenvalue weighted by Crippen LogP contribution is 2.25. The van der Waals surface area contributed by atoms with E-state index in [4.69, 9.17) is 0 Å². The molecule has 0 aromatic heterocycles. The van der Waals surface area contributed by atoms with Crippen LogP contribution in [0.4, 0.5) is 0 Å². The van der Waals surface area contributed by atoms with E-state index in [1.54, 1.807) is 0 Å².